The Morgan fingerprint density at radius 2 is 1.69 bits per heavy atom. The minimum absolute atomic E-state index is 0.0561. The van der Waals surface area contributed by atoms with Gasteiger partial charge in [0.2, 0.25) is 0 Å². The SMILES string of the molecule is Cc1c(CCCC(=O)O)c2cccc(C=Cc3ccc(OCC=CCOc4ccc(Cl)cc4F)cc3)c2n1CC(=O)O. The highest BCUT2D eigenvalue weighted by atomic mass is 35.5. The molecule has 0 atom stereocenters. The normalized spacial score (nSPS) is 11.5. The lowest BCUT2D eigenvalue weighted by Crippen LogP contribution is -2.10. The van der Waals surface area contributed by atoms with Crippen LogP contribution in [-0.2, 0) is 22.6 Å². The van der Waals surface area contributed by atoms with Crippen LogP contribution in [0.2, 0.25) is 5.02 Å². The number of halogens is 2. The van der Waals surface area contributed by atoms with Gasteiger partial charge in [-0.15, -0.1) is 0 Å². The van der Waals surface area contributed by atoms with Crippen molar-refractivity contribution in [2.45, 2.75) is 32.7 Å². The summed E-state index contributed by atoms with van der Waals surface area (Å²) in [5.41, 5.74) is 4.42. The third-order valence-electron chi connectivity index (χ3n) is 6.69. The number of benzene rings is 3. The van der Waals surface area contributed by atoms with Crippen molar-refractivity contribution in [1.29, 1.82) is 0 Å². The van der Waals surface area contributed by atoms with Gasteiger partial charge in [0.1, 0.15) is 25.5 Å². The van der Waals surface area contributed by atoms with Gasteiger partial charge in [-0.25, -0.2) is 4.39 Å². The number of aliphatic carboxylic acids is 2. The molecule has 0 aliphatic heterocycles. The molecule has 2 N–H and O–H groups in total. The molecule has 0 saturated heterocycles. The first-order chi connectivity index (χ1) is 20.2. The molecule has 0 saturated carbocycles. The summed E-state index contributed by atoms with van der Waals surface area (Å²) in [6.45, 7) is 2.21. The summed E-state index contributed by atoms with van der Waals surface area (Å²) in [6.07, 6.45) is 8.51. The maximum Gasteiger partial charge on any atom is 0.323 e. The third-order valence-corrected chi connectivity index (χ3v) is 6.93. The topological polar surface area (TPSA) is 98.0 Å². The number of nitrogens with zero attached hydrogens (tertiary/aromatic N) is 1. The van der Waals surface area contributed by atoms with Gasteiger partial charge in [0.05, 0.1) is 5.52 Å². The number of rotatable bonds is 14. The smallest absolute Gasteiger partial charge is 0.323 e. The molecule has 1 aromatic heterocycles. The number of ether oxygens (including phenoxy) is 2. The van der Waals surface area contributed by atoms with E-state index in [2.05, 4.69) is 0 Å². The second-order valence-electron chi connectivity index (χ2n) is 9.61. The Labute approximate surface area is 248 Å². The molecule has 0 aliphatic rings. The standard InChI is InChI=1S/C33H31ClFNO6/c1-22-27(7-5-9-31(37)38)28-8-4-6-24(33(28)36(22)21-32(39)40)13-10-23-11-15-26(16-12-23)41-18-2-3-19-42-30-17-14-25(34)20-29(30)35/h2-4,6,8,10-17,20H,5,7,9,18-19,21H2,1H3,(H,37,38)(H,39,40). The lowest BCUT2D eigenvalue weighted by atomic mass is 10.0. The molecule has 4 aromatic rings. The van der Waals surface area contributed by atoms with E-state index in [1.807, 2.05) is 61.5 Å². The minimum atomic E-state index is -0.945. The molecule has 0 spiro atoms. The first kappa shape index (κ1) is 30.4. The summed E-state index contributed by atoms with van der Waals surface area (Å²) in [5, 5.41) is 19.8. The Kier molecular flexibility index (Phi) is 10.4. The lowest BCUT2D eigenvalue weighted by molar-refractivity contribution is -0.138. The summed E-state index contributed by atoms with van der Waals surface area (Å²) in [6, 6.07) is 17.6. The molecular weight excluding hydrogens is 561 g/mol. The summed E-state index contributed by atoms with van der Waals surface area (Å²) < 4.78 is 26.6. The van der Waals surface area contributed by atoms with E-state index >= 15 is 0 Å². The highest BCUT2D eigenvalue weighted by Gasteiger charge is 2.18. The number of aromatic nitrogens is 1. The van der Waals surface area contributed by atoms with Gasteiger partial charge in [-0.05, 0) is 78.9 Å². The van der Waals surface area contributed by atoms with E-state index in [9.17, 15) is 19.1 Å². The molecule has 0 aliphatic carbocycles. The molecule has 0 unspecified atom stereocenters. The van der Waals surface area contributed by atoms with Gasteiger partial charge < -0.3 is 24.3 Å². The zero-order chi connectivity index (χ0) is 30.1. The van der Waals surface area contributed by atoms with Gasteiger partial charge in [-0.2, -0.15) is 0 Å². The van der Waals surface area contributed by atoms with E-state index in [0.29, 0.717) is 30.2 Å². The third kappa shape index (κ3) is 8.01. The summed E-state index contributed by atoms with van der Waals surface area (Å²) in [7, 11) is 0. The largest absolute Gasteiger partial charge is 0.490 e. The van der Waals surface area contributed by atoms with E-state index in [-0.39, 0.29) is 25.3 Å². The van der Waals surface area contributed by atoms with Crippen LogP contribution in [0, 0.1) is 12.7 Å². The van der Waals surface area contributed by atoms with Crippen molar-refractivity contribution >= 4 is 46.6 Å². The van der Waals surface area contributed by atoms with Gasteiger partial charge in [0.25, 0.3) is 0 Å². The van der Waals surface area contributed by atoms with Crippen molar-refractivity contribution in [2.75, 3.05) is 13.2 Å². The minimum Gasteiger partial charge on any atom is -0.490 e. The predicted molar refractivity (Wildman–Crippen MR) is 162 cm³/mol. The maximum atomic E-state index is 13.7. The fourth-order valence-electron chi connectivity index (χ4n) is 4.70. The molecule has 7 nitrogen and oxygen atoms in total. The molecule has 218 valence electrons. The number of hydrogen-bond acceptors (Lipinski definition) is 4. The molecule has 3 aromatic carbocycles. The number of carboxylic acid groups (broad SMARTS) is 2. The highest BCUT2D eigenvalue weighted by molar-refractivity contribution is 6.30. The van der Waals surface area contributed by atoms with E-state index in [4.69, 9.17) is 26.2 Å². The molecule has 9 heteroatoms. The number of carbonyl (C=O) groups is 2. The summed E-state index contributed by atoms with van der Waals surface area (Å²) >= 11 is 5.74. The molecule has 0 radical (unpaired) electrons. The quantitative estimate of drug-likeness (QED) is 0.117. The number of carboxylic acids is 2. The van der Waals surface area contributed by atoms with E-state index in [1.54, 1.807) is 22.8 Å². The molecule has 0 bridgehead atoms. The van der Waals surface area contributed by atoms with Gasteiger partial charge in [0.15, 0.2) is 11.6 Å². The van der Waals surface area contributed by atoms with Crippen LogP contribution >= 0.6 is 11.6 Å². The van der Waals surface area contributed by atoms with Crippen LogP contribution in [-0.4, -0.2) is 39.9 Å². The fourth-order valence-corrected chi connectivity index (χ4v) is 4.86. The molecule has 42 heavy (non-hydrogen) atoms. The van der Waals surface area contributed by atoms with Crippen LogP contribution in [0.15, 0.2) is 72.8 Å². The summed E-state index contributed by atoms with van der Waals surface area (Å²) in [5.74, 6) is -1.50. The van der Waals surface area contributed by atoms with E-state index in [1.165, 1.54) is 12.1 Å². The van der Waals surface area contributed by atoms with Gasteiger partial charge in [-0.1, -0.05) is 54.1 Å². The van der Waals surface area contributed by atoms with Crippen molar-refractivity contribution in [3.05, 3.63) is 106 Å². The predicted octanol–water partition coefficient (Wildman–Crippen LogP) is 7.42. The molecule has 1 heterocycles. The monoisotopic (exact) mass is 591 g/mol. The first-order valence-corrected chi connectivity index (χ1v) is 13.8. The molecule has 4 rings (SSSR count). The molecule has 0 amide bonds. The Morgan fingerprint density at radius 3 is 2.38 bits per heavy atom. The van der Waals surface area contributed by atoms with E-state index in [0.717, 1.165) is 33.3 Å². The Morgan fingerprint density at radius 1 is 0.952 bits per heavy atom. The van der Waals surface area contributed by atoms with Crippen molar-refractivity contribution in [3.8, 4) is 11.5 Å². The van der Waals surface area contributed by atoms with Crippen LogP contribution in [0.1, 0.15) is 35.2 Å². The average molecular weight is 592 g/mol. The fraction of sp³-hybridized carbons (Fsp3) is 0.212. The van der Waals surface area contributed by atoms with Gasteiger partial charge in [-0.3, -0.25) is 9.59 Å². The van der Waals surface area contributed by atoms with Crippen LogP contribution in [0.4, 0.5) is 4.39 Å². The first-order valence-electron chi connectivity index (χ1n) is 13.4. The number of hydrogen-bond donors (Lipinski definition) is 2. The second kappa shape index (κ2) is 14.4. The van der Waals surface area contributed by atoms with Crippen LogP contribution < -0.4 is 9.47 Å². The zero-order valence-electron chi connectivity index (χ0n) is 23.1. The van der Waals surface area contributed by atoms with Gasteiger partial charge >= 0.3 is 11.9 Å². The van der Waals surface area contributed by atoms with Crippen LogP contribution in [0.5, 0.6) is 11.5 Å². The number of fused-ring (bicyclic) bond motifs is 1. The highest BCUT2D eigenvalue weighted by Crippen LogP contribution is 2.31. The van der Waals surface area contributed by atoms with Crippen molar-refractivity contribution in [1.82, 2.24) is 4.57 Å². The Bertz CT molecular complexity index is 1620. The average Bonchev–Trinajstić information content (AvgIpc) is 3.21. The van der Waals surface area contributed by atoms with E-state index < -0.39 is 17.8 Å². The van der Waals surface area contributed by atoms with Crippen molar-refractivity contribution in [2.24, 2.45) is 0 Å². The number of para-hydroxylation sites is 1. The van der Waals surface area contributed by atoms with Crippen LogP contribution in [0.25, 0.3) is 23.1 Å². The summed E-state index contributed by atoms with van der Waals surface area (Å²) in [4.78, 5) is 22.7. The Hall–Kier alpha value is -4.56. The molecule has 0 fully saturated rings. The maximum absolute atomic E-state index is 13.7. The number of aryl methyl sites for hydroxylation is 1. The Balaban J connectivity index is 1.40. The van der Waals surface area contributed by atoms with Gasteiger partial charge in [0, 0.05) is 22.5 Å². The van der Waals surface area contributed by atoms with Crippen molar-refractivity contribution < 1.29 is 33.7 Å². The zero-order valence-corrected chi connectivity index (χ0v) is 23.8. The second-order valence-corrected chi connectivity index (χ2v) is 10.0. The lowest BCUT2D eigenvalue weighted by Gasteiger charge is -2.08. The van der Waals surface area contributed by atoms with Crippen LogP contribution in [0.3, 0.4) is 0 Å². The molecular formula is C33H31ClFNO6. The van der Waals surface area contributed by atoms with Crippen molar-refractivity contribution in [3.63, 3.8) is 0 Å².